The number of hydrogen-bond acceptors (Lipinski definition) is 2. The Morgan fingerprint density at radius 1 is 1.15 bits per heavy atom. The van der Waals surface area contributed by atoms with E-state index in [9.17, 15) is 9.18 Å². The van der Waals surface area contributed by atoms with Crippen LogP contribution in [0.3, 0.4) is 0 Å². The molecule has 1 saturated carbocycles. The van der Waals surface area contributed by atoms with Gasteiger partial charge in [-0.05, 0) is 55.7 Å². The maximum atomic E-state index is 13.2. The first-order valence-electron chi connectivity index (χ1n) is 6.71. The van der Waals surface area contributed by atoms with Crippen LogP contribution in [0.25, 0.3) is 0 Å². The second-order valence-electron chi connectivity index (χ2n) is 5.14. The van der Waals surface area contributed by atoms with E-state index >= 15 is 0 Å². The van der Waals surface area contributed by atoms with Gasteiger partial charge in [0.05, 0.1) is 6.10 Å². The minimum Gasteiger partial charge on any atom is -0.490 e. The fourth-order valence-corrected chi connectivity index (χ4v) is 2.04. The van der Waals surface area contributed by atoms with E-state index in [0.717, 1.165) is 18.6 Å². The van der Waals surface area contributed by atoms with E-state index in [4.69, 9.17) is 4.74 Å². The third-order valence-electron chi connectivity index (χ3n) is 3.34. The molecule has 0 radical (unpaired) electrons. The molecule has 2 nitrogen and oxygen atoms in total. The Morgan fingerprint density at radius 3 is 2.60 bits per heavy atom. The lowest BCUT2D eigenvalue weighted by atomic mass is 10.0. The first-order chi connectivity index (χ1) is 9.63. The Bertz CT molecular complexity index is 660. The predicted molar refractivity (Wildman–Crippen MR) is 74.7 cm³/mol. The molecule has 0 bridgehead atoms. The monoisotopic (exact) mass is 270 g/mol. The van der Waals surface area contributed by atoms with Gasteiger partial charge < -0.3 is 4.74 Å². The van der Waals surface area contributed by atoms with Gasteiger partial charge in [-0.25, -0.2) is 4.39 Å². The molecular weight excluding hydrogens is 255 g/mol. The molecule has 2 aromatic rings. The highest BCUT2D eigenvalue weighted by molar-refractivity contribution is 6.09. The zero-order chi connectivity index (χ0) is 14.1. The Kier molecular flexibility index (Phi) is 3.26. The van der Waals surface area contributed by atoms with Crippen molar-refractivity contribution in [3.05, 3.63) is 65.0 Å². The second kappa shape index (κ2) is 5.08. The average Bonchev–Trinajstić information content (AvgIpc) is 3.25. The maximum Gasteiger partial charge on any atom is 0.193 e. The summed E-state index contributed by atoms with van der Waals surface area (Å²) in [6.45, 7) is 1.65. The van der Waals surface area contributed by atoms with Gasteiger partial charge in [-0.2, -0.15) is 0 Å². The quantitative estimate of drug-likeness (QED) is 0.787. The van der Waals surface area contributed by atoms with Crippen molar-refractivity contribution < 1.29 is 13.9 Å². The van der Waals surface area contributed by atoms with Gasteiger partial charge in [-0.1, -0.05) is 12.1 Å². The van der Waals surface area contributed by atoms with Crippen molar-refractivity contribution >= 4 is 5.78 Å². The van der Waals surface area contributed by atoms with Crippen LogP contribution in [0.5, 0.6) is 5.75 Å². The Morgan fingerprint density at radius 2 is 1.90 bits per heavy atom. The summed E-state index contributed by atoms with van der Waals surface area (Å²) in [5.74, 6) is 0.305. The summed E-state index contributed by atoms with van der Waals surface area (Å²) in [5, 5.41) is 0. The van der Waals surface area contributed by atoms with Gasteiger partial charge in [0.2, 0.25) is 0 Å². The van der Waals surface area contributed by atoms with Crippen LogP contribution in [-0.4, -0.2) is 11.9 Å². The van der Waals surface area contributed by atoms with E-state index in [1.807, 2.05) is 6.07 Å². The largest absolute Gasteiger partial charge is 0.490 e. The molecule has 1 aliphatic rings. The van der Waals surface area contributed by atoms with Crippen LogP contribution >= 0.6 is 0 Å². The van der Waals surface area contributed by atoms with Gasteiger partial charge in [0, 0.05) is 11.1 Å². The normalized spacial score (nSPS) is 14.1. The molecule has 20 heavy (non-hydrogen) atoms. The highest BCUT2D eigenvalue weighted by atomic mass is 19.1. The van der Waals surface area contributed by atoms with Crippen LogP contribution in [0.4, 0.5) is 4.39 Å². The van der Waals surface area contributed by atoms with Crippen molar-refractivity contribution in [1.29, 1.82) is 0 Å². The Hall–Kier alpha value is -2.16. The predicted octanol–water partition coefficient (Wildman–Crippen LogP) is 3.91. The summed E-state index contributed by atoms with van der Waals surface area (Å²) in [5.41, 5.74) is 1.53. The molecule has 3 rings (SSSR count). The molecule has 1 fully saturated rings. The molecular formula is C17H15FO2. The third-order valence-corrected chi connectivity index (χ3v) is 3.34. The van der Waals surface area contributed by atoms with Crippen LogP contribution in [-0.2, 0) is 0 Å². The number of benzene rings is 2. The van der Waals surface area contributed by atoms with E-state index in [1.165, 1.54) is 12.1 Å². The van der Waals surface area contributed by atoms with Crippen LogP contribution in [0, 0.1) is 12.7 Å². The molecule has 0 N–H and O–H groups in total. The molecule has 0 amide bonds. The van der Waals surface area contributed by atoms with E-state index in [1.54, 1.807) is 31.2 Å². The summed E-state index contributed by atoms with van der Waals surface area (Å²) in [6, 6.07) is 11.6. The van der Waals surface area contributed by atoms with E-state index in [0.29, 0.717) is 22.8 Å². The number of halogens is 1. The lowest BCUT2D eigenvalue weighted by molar-refractivity contribution is 0.103. The smallest absolute Gasteiger partial charge is 0.193 e. The number of aryl methyl sites for hydroxylation is 1. The summed E-state index contributed by atoms with van der Waals surface area (Å²) in [4.78, 5) is 12.4. The Labute approximate surface area is 117 Å². The molecule has 0 aliphatic heterocycles. The lowest BCUT2D eigenvalue weighted by Crippen LogP contribution is -2.03. The molecule has 102 valence electrons. The summed E-state index contributed by atoms with van der Waals surface area (Å²) in [7, 11) is 0. The third kappa shape index (κ3) is 2.72. The SMILES string of the molecule is Cc1cc(C(=O)c2cccc(OC3CC3)c2)ccc1F. The lowest BCUT2D eigenvalue weighted by Gasteiger charge is -2.07. The molecule has 0 unspecified atom stereocenters. The van der Waals surface area contributed by atoms with Gasteiger partial charge in [0.25, 0.3) is 0 Å². The minimum atomic E-state index is -0.299. The molecule has 0 atom stereocenters. The van der Waals surface area contributed by atoms with Crippen molar-refractivity contribution in [2.75, 3.05) is 0 Å². The van der Waals surface area contributed by atoms with E-state index in [2.05, 4.69) is 0 Å². The van der Waals surface area contributed by atoms with Crippen molar-refractivity contribution in [1.82, 2.24) is 0 Å². The minimum absolute atomic E-state index is 0.116. The maximum absolute atomic E-state index is 13.2. The van der Waals surface area contributed by atoms with Gasteiger partial charge in [-0.15, -0.1) is 0 Å². The first-order valence-corrected chi connectivity index (χ1v) is 6.71. The average molecular weight is 270 g/mol. The number of ketones is 1. The molecule has 3 heteroatoms. The van der Waals surface area contributed by atoms with E-state index in [-0.39, 0.29) is 11.6 Å². The van der Waals surface area contributed by atoms with Crippen LogP contribution in [0.1, 0.15) is 34.3 Å². The molecule has 0 heterocycles. The summed E-state index contributed by atoms with van der Waals surface area (Å²) in [6.07, 6.45) is 2.46. The highest BCUT2D eigenvalue weighted by Crippen LogP contribution is 2.27. The zero-order valence-corrected chi connectivity index (χ0v) is 11.2. The van der Waals surface area contributed by atoms with Gasteiger partial charge in [0.15, 0.2) is 5.78 Å². The highest BCUT2D eigenvalue weighted by Gasteiger charge is 2.23. The van der Waals surface area contributed by atoms with E-state index < -0.39 is 0 Å². The van der Waals surface area contributed by atoms with Crippen molar-refractivity contribution in [2.45, 2.75) is 25.9 Å². The fourth-order valence-electron chi connectivity index (χ4n) is 2.04. The number of carbonyl (C=O) groups is 1. The standard InChI is InChI=1S/C17H15FO2/c1-11-9-13(5-8-16(11)18)17(19)12-3-2-4-15(10-12)20-14-6-7-14/h2-5,8-10,14H,6-7H2,1H3. The second-order valence-corrected chi connectivity index (χ2v) is 5.14. The number of carbonyl (C=O) groups excluding carboxylic acids is 1. The van der Waals surface area contributed by atoms with Crippen molar-refractivity contribution in [3.8, 4) is 5.75 Å². The first kappa shape index (κ1) is 12.9. The molecule has 1 aliphatic carbocycles. The molecule has 0 saturated heterocycles. The number of ether oxygens (including phenoxy) is 1. The van der Waals surface area contributed by atoms with Crippen molar-refractivity contribution in [2.24, 2.45) is 0 Å². The molecule has 2 aromatic carbocycles. The topological polar surface area (TPSA) is 26.3 Å². The van der Waals surface area contributed by atoms with Gasteiger partial charge in [0.1, 0.15) is 11.6 Å². The zero-order valence-electron chi connectivity index (χ0n) is 11.2. The molecule has 0 aromatic heterocycles. The van der Waals surface area contributed by atoms with Crippen LogP contribution in [0.2, 0.25) is 0 Å². The number of hydrogen-bond donors (Lipinski definition) is 0. The fraction of sp³-hybridized carbons (Fsp3) is 0.235. The van der Waals surface area contributed by atoms with Gasteiger partial charge >= 0.3 is 0 Å². The Balaban J connectivity index is 1.86. The van der Waals surface area contributed by atoms with Crippen LogP contribution < -0.4 is 4.74 Å². The van der Waals surface area contributed by atoms with Crippen LogP contribution in [0.15, 0.2) is 42.5 Å². The van der Waals surface area contributed by atoms with Crippen molar-refractivity contribution in [3.63, 3.8) is 0 Å². The van der Waals surface area contributed by atoms with Gasteiger partial charge in [-0.3, -0.25) is 4.79 Å². The summed E-state index contributed by atoms with van der Waals surface area (Å²) >= 11 is 0. The molecule has 0 spiro atoms. The number of rotatable bonds is 4. The summed E-state index contributed by atoms with van der Waals surface area (Å²) < 4.78 is 18.9.